The van der Waals surface area contributed by atoms with Crippen LogP contribution in [-0.4, -0.2) is 108 Å². The molecule has 15 heteroatoms. The molecule has 7 rings (SSSR count). The fourth-order valence-corrected chi connectivity index (χ4v) is 9.72. The number of carbonyl (C=O) groups excluding carboxylic acids is 4. The van der Waals surface area contributed by atoms with Crippen molar-refractivity contribution in [2.45, 2.75) is 115 Å². The van der Waals surface area contributed by atoms with E-state index in [9.17, 15) is 27.6 Å². The number of hydrogen-bond acceptors (Lipinski definition) is 10. The highest BCUT2D eigenvalue weighted by atomic mass is 32.2. The summed E-state index contributed by atoms with van der Waals surface area (Å²) in [6.07, 6.45) is 7.48. The molecule has 2 aromatic rings. The van der Waals surface area contributed by atoms with Gasteiger partial charge >= 0.3 is 6.09 Å². The van der Waals surface area contributed by atoms with Crippen LogP contribution in [0.5, 0.6) is 5.75 Å². The molecule has 1 saturated carbocycles. The first kappa shape index (κ1) is 39.0. The highest BCUT2D eigenvalue weighted by molar-refractivity contribution is 7.90. The maximum atomic E-state index is 14.9. The van der Waals surface area contributed by atoms with Crippen molar-refractivity contribution < 1.29 is 37.1 Å². The number of carbonyl (C=O) groups is 4. The molecule has 6 atom stereocenters. The van der Waals surface area contributed by atoms with Crippen molar-refractivity contribution in [2.24, 2.45) is 11.3 Å². The zero-order valence-corrected chi connectivity index (χ0v) is 33.3. The number of nitrogens with zero attached hydrogens (tertiary/aromatic N) is 3. The summed E-state index contributed by atoms with van der Waals surface area (Å²) in [6.45, 7) is 8.36. The van der Waals surface area contributed by atoms with Crippen molar-refractivity contribution in [2.75, 3.05) is 32.4 Å². The number of sulfonamides is 1. The first-order valence-corrected chi connectivity index (χ1v) is 21.2. The minimum Gasteiger partial charge on any atom is -0.483 e. The van der Waals surface area contributed by atoms with Gasteiger partial charge in [-0.1, -0.05) is 64.0 Å². The fourth-order valence-electron chi connectivity index (χ4n) is 8.64. The molecular formula is C40H54N6O8S. The minimum atomic E-state index is -3.74. The van der Waals surface area contributed by atoms with Crippen molar-refractivity contribution in [3.8, 4) is 5.75 Å². The van der Waals surface area contributed by atoms with Crippen LogP contribution in [0.4, 0.5) is 4.79 Å². The van der Waals surface area contributed by atoms with Crippen LogP contribution in [-0.2, 0) is 35.6 Å². The average molecular weight is 779 g/mol. The monoisotopic (exact) mass is 778 g/mol. The number of amides is 4. The van der Waals surface area contributed by atoms with Crippen LogP contribution < -0.4 is 20.7 Å². The summed E-state index contributed by atoms with van der Waals surface area (Å²) in [5.74, 6) is -1.52. The molecule has 1 aliphatic carbocycles. The molecule has 298 valence electrons. The SMILES string of the molecule is CNCC(OC(=O)N[C@H]1CCCCC/C=C\[C@@H]2C[C@@]2(C(=O)N2CCS2(=O)=O)NC(=O)[C@@H]2C[C@]3(CCc4c(c(C)nc5ccccc45)O3)CN2C1=O)C(C)(C)C. The molecule has 2 saturated heterocycles. The van der Waals surface area contributed by atoms with E-state index >= 15 is 0 Å². The van der Waals surface area contributed by atoms with Gasteiger partial charge in [-0.05, 0) is 58.6 Å². The van der Waals surface area contributed by atoms with Gasteiger partial charge in [0, 0.05) is 35.2 Å². The van der Waals surface area contributed by atoms with Crippen LogP contribution in [0.25, 0.3) is 10.9 Å². The molecule has 1 unspecified atom stereocenters. The standard InChI is InChI=1S/C40H54N6O8S/c1-25-33-28(27-14-11-12-15-29(27)42-25)17-18-39(54-33)22-31-34(47)44-40(36(49)46-19-20-55(46,51)52)21-26(40)13-9-7-6-8-10-16-30(35(48)45(31)24-39)43-37(50)53-32(23-41-5)38(2,3)4/h9,11-15,26,30-32,41H,6-8,10,16-24H2,1-5H3,(H,43,50)(H,44,47)/b13-9-/t26-,30+,31+,32?,39-,40-/m1/s1. The van der Waals surface area contributed by atoms with Gasteiger partial charge < -0.3 is 30.3 Å². The van der Waals surface area contributed by atoms with Gasteiger partial charge in [0.1, 0.15) is 35.1 Å². The van der Waals surface area contributed by atoms with E-state index in [-0.39, 0.29) is 43.0 Å². The van der Waals surface area contributed by atoms with Crippen molar-refractivity contribution in [1.29, 1.82) is 0 Å². The number of alkyl carbamates (subject to hydrolysis) is 1. The molecule has 0 radical (unpaired) electrons. The van der Waals surface area contributed by atoms with Crippen molar-refractivity contribution >= 4 is 44.7 Å². The lowest BCUT2D eigenvalue weighted by molar-refractivity contribution is -0.142. The quantitative estimate of drug-likeness (QED) is 0.381. The maximum Gasteiger partial charge on any atom is 0.408 e. The summed E-state index contributed by atoms with van der Waals surface area (Å²) in [6, 6.07) is 5.82. The van der Waals surface area contributed by atoms with Crippen LogP contribution in [0.3, 0.4) is 0 Å². The summed E-state index contributed by atoms with van der Waals surface area (Å²) < 4.78 is 38.8. The first-order chi connectivity index (χ1) is 26.1. The summed E-state index contributed by atoms with van der Waals surface area (Å²) in [7, 11) is -1.96. The lowest BCUT2D eigenvalue weighted by atomic mass is 9.87. The lowest BCUT2D eigenvalue weighted by Gasteiger charge is -2.37. The van der Waals surface area contributed by atoms with E-state index in [1.807, 2.05) is 64.1 Å². The molecule has 1 aromatic heterocycles. The molecule has 55 heavy (non-hydrogen) atoms. The number of ether oxygens (including phenoxy) is 2. The Bertz CT molecular complexity index is 2020. The second kappa shape index (κ2) is 14.7. The number of aromatic nitrogens is 1. The van der Waals surface area contributed by atoms with Gasteiger partial charge in [-0.3, -0.25) is 14.4 Å². The zero-order chi connectivity index (χ0) is 39.3. The van der Waals surface area contributed by atoms with E-state index in [1.54, 1.807) is 7.05 Å². The topological polar surface area (TPSA) is 176 Å². The number of rotatable bonds is 5. The number of likely N-dealkylation sites (N-methyl/N-ethyl adjacent to an activating group) is 1. The van der Waals surface area contributed by atoms with Crippen molar-refractivity contribution in [3.05, 3.63) is 47.7 Å². The predicted octanol–water partition coefficient (Wildman–Crippen LogP) is 3.50. The van der Waals surface area contributed by atoms with Crippen LogP contribution >= 0.6 is 0 Å². The molecule has 0 bridgehead atoms. The van der Waals surface area contributed by atoms with Crippen molar-refractivity contribution in [3.63, 3.8) is 0 Å². The van der Waals surface area contributed by atoms with Gasteiger partial charge in [-0.2, -0.15) is 0 Å². The van der Waals surface area contributed by atoms with E-state index in [2.05, 4.69) is 16.0 Å². The molecule has 5 aliphatic rings. The zero-order valence-electron chi connectivity index (χ0n) is 32.5. The van der Waals surface area contributed by atoms with Gasteiger partial charge in [0.05, 0.1) is 30.1 Å². The van der Waals surface area contributed by atoms with Crippen molar-refractivity contribution in [1.82, 2.24) is 30.1 Å². The highest BCUT2D eigenvalue weighted by Crippen LogP contribution is 2.49. The Labute approximate surface area is 323 Å². The number of benzene rings is 1. The Morgan fingerprint density at radius 1 is 1.15 bits per heavy atom. The minimum absolute atomic E-state index is 0.0650. The highest BCUT2D eigenvalue weighted by Gasteiger charge is 2.65. The van der Waals surface area contributed by atoms with Crippen LogP contribution in [0.15, 0.2) is 36.4 Å². The Balaban J connectivity index is 1.23. The first-order valence-electron chi connectivity index (χ1n) is 19.6. The number of pyridine rings is 1. The van der Waals surface area contributed by atoms with Gasteiger partial charge in [-0.25, -0.2) is 22.5 Å². The largest absolute Gasteiger partial charge is 0.483 e. The normalized spacial score (nSPS) is 30.3. The molecule has 3 N–H and O–H groups in total. The maximum absolute atomic E-state index is 14.9. The summed E-state index contributed by atoms with van der Waals surface area (Å²) in [5, 5.41) is 9.90. The third kappa shape index (κ3) is 7.53. The summed E-state index contributed by atoms with van der Waals surface area (Å²) >= 11 is 0. The second-order valence-corrected chi connectivity index (χ2v) is 19.1. The van der Waals surface area contributed by atoms with Gasteiger partial charge in [-0.15, -0.1) is 0 Å². The van der Waals surface area contributed by atoms with E-state index < -0.39 is 63.2 Å². The Kier molecular flexibility index (Phi) is 10.4. The number of allylic oxidation sites excluding steroid dienone is 1. The predicted molar refractivity (Wildman–Crippen MR) is 206 cm³/mol. The Morgan fingerprint density at radius 2 is 1.93 bits per heavy atom. The summed E-state index contributed by atoms with van der Waals surface area (Å²) in [5.41, 5.74) is -0.176. The number of fused-ring (bicyclic) bond motifs is 5. The third-order valence-corrected chi connectivity index (χ3v) is 13.8. The van der Waals surface area contributed by atoms with E-state index in [0.29, 0.717) is 50.1 Å². The van der Waals surface area contributed by atoms with Gasteiger partial charge in [0.2, 0.25) is 21.8 Å². The van der Waals surface area contributed by atoms with Crippen LogP contribution in [0, 0.1) is 18.3 Å². The molecule has 3 fully saturated rings. The Morgan fingerprint density at radius 3 is 2.64 bits per heavy atom. The Hall–Kier alpha value is -4.24. The van der Waals surface area contributed by atoms with Crippen LogP contribution in [0.2, 0.25) is 0 Å². The smallest absolute Gasteiger partial charge is 0.408 e. The van der Waals surface area contributed by atoms with Crippen LogP contribution in [0.1, 0.15) is 83.4 Å². The molecular weight excluding hydrogens is 725 g/mol. The third-order valence-electron chi connectivity index (χ3n) is 12.0. The summed E-state index contributed by atoms with van der Waals surface area (Å²) in [4.78, 5) is 63.2. The van der Waals surface area contributed by atoms with E-state index in [4.69, 9.17) is 14.5 Å². The number of hydrogen-bond donors (Lipinski definition) is 3. The molecule has 4 amide bonds. The molecule has 4 aliphatic heterocycles. The number of para-hydroxylation sites is 1. The lowest BCUT2D eigenvalue weighted by Crippen LogP contribution is -2.62. The fraction of sp³-hybridized carbons (Fsp3) is 0.625. The number of aryl methyl sites for hydroxylation is 2. The van der Waals surface area contributed by atoms with E-state index in [1.165, 1.54) is 4.90 Å². The second-order valence-electron chi connectivity index (χ2n) is 17.0. The average Bonchev–Trinajstić information content (AvgIpc) is 3.70. The molecule has 1 aromatic carbocycles. The molecule has 14 nitrogen and oxygen atoms in total. The van der Waals surface area contributed by atoms with Gasteiger partial charge in [0.15, 0.2) is 0 Å². The molecule has 5 heterocycles. The number of nitrogens with one attached hydrogen (secondary N) is 3. The van der Waals surface area contributed by atoms with Gasteiger partial charge in [0.25, 0.3) is 5.91 Å². The molecule has 1 spiro atoms. The van der Waals surface area contributed by atoms with E-state index in [0.717, 1.165) is 33.6 Å².